The maximum Gasteiger partial charge on any atom is 0.417 e. The van der Waals surface area contributed by atoms with Crippen LogP contribution in [0.1, 0.15) is 63.0 Å². The lowest BCUT2D eigenvalue weighted by atomic mass is 9.90. The molecule has 3 atom stereocenters. The first-order valence-corrected chi connectivity index (χ1v) is 16.5. The lowest BCUT2D eigenvalue weighted by Crippen LogP contribution is -2.47. The van der Waals surface area contributed by atoms with Crippen molar-refractivity contribution in [3.8, 4) is 0 Å². The first-order chi connectivity index (χ1) is 20.7. The van der Waals surface area contributed by atoms with Gasteiger partial charge in [-0.25, -0.2) is 8.42 Å². The first-order valence-electron chi connectivity index (χ1n) is 14.5. The van der Waals surface area contributed by atoms with Crippen molar-refractivity contribution < 1.29 is 40.8 Å². The van der Waals surface area contributed by atoms with E-state index in [1.807, 2.05) is 0 Å². The predicted octanol–water partition coefficient (Wildman–Crippen LogP) is 4.67. The summed E-state index contributed by atoms with van der Waals surface area (Å²) in [6.45, 7) is 1.14. The Morgan fingerprint density at radius 1 is 1.05 bits per heavy atom. The highest BCUT2D eigenvalue weighted by molar-refractivity contribution is 7.92. The highest BCUT2D eigenvalue weighted by atomic mass is 35.5. The van der Waals surface area contributed by atoms with E-state index in [0.717, 1.165) is 29.9 Å². The number of nitrogens with zero attached hydrogens (tertiary/aromatic N) is 1. The van der Waals surface area contributed by atoms with Gasteiger partial charge in [-0.3, -0.25) is 19.2 Å². The Morgan fingerprint density at radius 2 is 1.68 bits per heavy atom. The maximum atomic E-state index is 14.1. The molecule has 2 aliphatic carbocycles. The van der Waals surface area contributed by atoms with Crippen molar-refractivity contribution in [1.82, 2.24) is 10.2 Å². The van der Waals surface area contributed by atoms with Crippen LogP contribution in [-0.2, 0) is 40.6 Å². The van der Waals surface area contributed by atoms with Crippen LogP contribution in [0.5, 0.6) is 0 Å². The van der Waals surface area contributed by atoms with Gasteiger partial charge in [0.25, 0.3) is 5.91 Å². The van der Waals surface area contributed by atoms with E-state index in [1.54, 1.807) is 31.2 Å². The van der Waals surface area contributed by atoms with Crippen LogP contribution in [0.3, 0.4) is 0 Å². The topological polar surface area (TPSA) is 118 Å². The average Bonchev–Trinajstić information content (AvgIpc) is 3.92. The molecule has 2 amide bonds. The van der Waals surface area contributed by atoms with Crippen molar-refractivity contribution in [3.05, 3.63) is 64.7 Å². The summed E-state index contributed by atoms with van der Waals surface area (Å²) < 4.78 is 68.9. The van der Waals surface area contributed by atoms with Gasteiger partial charge < -0.3 is 10.2 Å². The van der Waals surface area contributed by atoms with E-state index in [1.165, 1.54) is 6.07 Å². The van der Waals surface area contributed by atoms with Gasteiger partial charge in [-0.15, -0.1) is 0 Å². The molecule has 0 bridgehead atoms. The maximum absolute atomic E-state index is 14.1. The fourth-order valence-corrected chi connectivity index (χ4v) is 7.98. The van der Waals surface area contributed by atoms with Crippen molar-refractivity contribution in [2.24, 2.45) is 5.92 Å². The van der Waals surface area contributed by atoms with Gasteiger partial charge in [0, 0.05) is 29.9 Å². The number of sulfone groups is 1. The highest BCUT2D eigenvalue weighted by Gasteiger charge is 2.57. The fourth-order valence-electron chi connectivity index (χ4n) is 5.95. The fraction of sp³-hybridized carbons (Fsp3) is 0.484. The molecular formula is C31H32ClF3N2O6S. The first kappa shape index (κ1) is 32.2. The summed E-state index contributed by atoms with van der Waals surface area (Å²) in [5.41, 5.74) is -1.73. The van der Waals surface area contributed by atoms with E-state index in [-0.39, 0.29) is 12.5 Å². The number of nitrogens with one attached hydrogen (secondary N) is 1. The Hall–Kier alpha value is -3.25. The molecule has 2 aromatic rings. The second-order valence-corrected chi connectivity index (χ2v) is 14.5. The molecule has 13 heteroatoms. The zero-order valence-corrected chi connectivity index (χ0v) is 25.5. The van der Waals surface area contributed by atoms with Crippen molar-refractivity contribution >= 4 is 44.8 Å². The van der Waals surface area contributed by atoms with Gasteiger partial charge in [-0.2, -0.15) is 13.2 Å². The summed E-state index contributed by atoms with van der Waals surface area (Å²) in [4.78, 5) is 53.4. The number of hydrogen-bond donors (Lipinski definition) is 1. The van der Waals surface area contributed by atoms with Gasteiger partial charge in [0.15, 0.2) is 15.6 Å². The molecular weight excluding hydrogens is 621 g/mol. The summed E-state index contributed by atoms with van der Waals surface area (Å²) in [7, 11) is -4.67. The number of carbonyl (C=O) groups excluding carboxylic acids is 4. The third-order valence-corrected chi connectivity index (χ3v) is 11.3. The number of rotatable bonds is 11. The quantitative estimate of drug-likeness (QED) is 0.353. The molecule has 8 nitrogen and oxygen atoms in total. The molecule has 0 spiro atoms. The van der Waals surface area contributed by atoms with Crippen LogP contribution in [0.15, 0.2) is 53.4 Å². The summed E-state index contributed by atoms with van der Waals surface area (Å²) in [5, 5.41) is 1.55. The molecule has 2 saturated carbocycles. The smallest absolute Gasteiger partial charge is 0.347 e. The van der Waals surface area contributed by atoms with Crippen LogP contribution < -0.4 is 5.32 Å². The summed E-state index contributed by atoms with van der Waals surface area (Å²) in [5.74, 6) is -3.69. The normalized spacial score (nSPS) is 21.9. The van der Waals surface area contributed by atoms with Crippen LogP contribution in [0.25, 0.3) is 0 Å². The average molecular weight is 653 g/mol. The Labute approximate surface area is 258 Å². The Kier molecular flexibility index (Phi) is 8.71. The number of amides is 2. The number of halogens is 4. The molecule has 3 fully saturated rings. The van der Waals surface area contributed by atoms with E-state index in [2.05, 4.69) is 5.32 Å². The minimum absolute atomic E-state index is 0.0734. The molecule has 0 radical (unpaired) electrons. The lowest BCUT2D eigenvalue weighted by molar-refractivity contribution is -0.143. The zero-order chi connectivity index (χ0) is 32.0. The molecule has 0 unspecified atom stereocenters. The number of likely N-dealkylation sites (tertiary alicyclic amines) is 1. The zero-order valence-electron chi connectivity index (χ0n) is 23.9. The predicted molar refractivity (Wildman–Crippen MR) is 154 cm³/mol. The standard InChI is InChI=1S/C31H32ClF3N2O6S/c1-2-18(27(39)28(40)36-21-11-12-21)15-25(38)24-16-22(44(42,43)26-6-4-3-5-23(26)31(33,34)35)17-37(24)29(41)30(13-14-30)19-7-9-20(32)10-8-19/h3-10,18,21-22,24H,2,11-17H2,1H3,(H,36,40)/t18-,22-,24+/m1/s1. The van der Waals surface area contributed by atoms with Gasteiger partial charge in [0.05, 0.1) is 27.2 Å². The molecule has 44 heavy (non-hydrogen) atoms. The largest absolute Gasteiger partial charge is 0.417 e. The van der Waals surface area contributed by atoms with Gasteiger partial charge in [0.2, 0.25) is 11.7 Å². The molecule has 0 aromatic heterocycles. The summed E-state index contributed by atoms with van der Waals surface area (Å²) >= 11 is 6.02. The number of Topliss-reactive ketones (excluding diaryl/α,β-unsaturated/α-hetero) is 2. The van der Waals surface area contributed by atoms with Crippen molar-refractivity contribution in [2.45, 2.75) is 85.7 Å². The lowest BCUT2D eigenvalue weighted by Gasteiger charge is -2.29. The number of alkyl halides is 3. The van der Waals surface area contributed by atoms with E-state index < -0.39 is 91.9 Å². The van der Waals surface area contributed by atoms with Gasteiger partial charge in [-0.05, 0) is 68.4 Å². The summed E-state index contributed by atoms with van der Waals surface area (Å²) in [6, 6.07) is 9.03. The molecule has 236 valence electrons. The summed E-state index contributed by atoms with van der Waals surface area (Å²) in [6.07, 6.45) is -3.27. The second-order valence-electron chi connectivity index (χ2n) is 11.8. The monoisotopic (exact) mass is 652 g/mol. The van der Waals surface area contributed by atoms with Crippen LogP contribution in [0.4, 0.5) is 13.2 Å². The van der Waals surface area contributed by atoms with Crippen LogP contribution in [0.2, 0.25) is 5.02 Å². The molecule has 3 aliphatic rings. The van der Waals surface area contributed by atoms with Gasteiger partial charge in [0.1, 0.15) is 0 Å². The second kappa shape index (κ2) is 11.9. The Balaban J connectivity index is 1.46. The van der Waals surface area contributed by atoms with E-state index in [9.17, 15) is 40.8 Å². The van der Waals surface area contributed by atoms with E-state index in [4.69, 9.17) is 11.6 Å². The number of hydrogen-bond acceptors (Lipinski definition) is 6. The number of carbonyl (C=O) groups is 4. The highest BCUT2D eigenvalue weighted by Crippen LogP contribution is 2.51. The third-order valence-electron chi connectivity index (χ3n) is 8.84. The Morgan fingerprint density at radius 3 is 2.25 bits per heavy atom. The number of ketones is 2. The van der Waals surface area contributed by atoms with Crippen molar-refractivity contribution in [1.29, 1.82) is 0 Å². The van der Waals surface area contributed by atoms with Crippen LogP contribution in [-0.4, -0.2) is 60.6 Å². The van der Waals surface area contributed by atoms with E-state index >= 15 is 0 Å². The van der Waals surface area contributed by atoms with Gasteiger partial charge >= 0.3 is 6.18 Å². The van der Waals surface area contributed by atoms with Crippen molar-refractivity contribution in [2.75, 3.05) is 6.54 Å². The van der Waals surface area contributed by atoms with Crippen LogP contribution >= 0.6 is 11.6 Å². The minimum Gasteiger partial charge on any atom is -0.347 e. The van der Waals surface area contributed by atoms with Gasteiger partial charge in [-0.1, -0.05) is 42.8 Å². The molecule has 1 saturated heterocycles. The van der Waals surface area contributed by atoms with E-state index in [0.29, 0.717) is 29.5 Å². The molecule has 2 aromatic carbocycles. The molecule has 1 aliphatic heterocycles. The number of benzene rings is 2. The molecule has 1 heterocycles. The Bertz CT molecular complexity index is 1590. The third kappa shape index (κ3) is 6.28. The van der Waals surface area contributed by atoms with Crippen molar-refractivity contribution in [3.63, 3.8) is 0 Å². The minimum atomic E-state index is -4.95. The molecule has 5 rings (SSSR count). The SMILES string of the molecule is CC[C@H](CC(=O)[C@@H]1C[C@@H](S(=O)(=O)c2ccccc2C(F)(F)F)CN1C(=O)C1(c2ccc(Cl)cc2)CC1)C(=O)C(=O)NC1CC1. The van der Waals surface area contributed by atoms with Crippen LogP contribution in [0, 0.1) is 5.92 Å². The molecule has 1 N–H and O–H groups in total.